The Balaban J connectivity index is 1.97. The molecule has 0 amide bonds. The molecule has 118 valence electrons. The summed E-state index contributed by atoms with van der Waals surface area (Å²) in [5.41, 5.74) is 0.825. The summed E-state index contributed by atoms with van der Waals surface area (Å²) in [7, 11) is 1.63. The summed E-state index contributed by atoms with van der Waals surface area (Å²) < 4.78 is 25.8. The van der Waals surface area contributed by atoms with Gasteiger partial charge in [0.1, 0.15) is 5.52 Å². The van der Waals surface area contributed by atoms with Gasteiger partial charge in [-0.25, -0.2) is 4.39 Å². The highest BCUT2D eigenvalue weighted by molar-refractivity contribution is 6.35. The normalized spacial score (nSPS) is 22.3. The first-order valence-corrected chi connectivity index (χ1v) is 7.60. The lowest BCUT2D eigenvalue weighted by atomic mass is 10.1. The molecule has 0 saturated carbocycles. The number of hydrogen-bond donors (Lipinski definition) is 0. The lowest BCUT2D eigenvalue weighted by Crippen LogP contribution is -2.48. The Morgan fingerprint density at radius 1 is 1.41 bits per heavy atom. The smallest absolute Gasteiger partial charge is 0.172 e. The van der Waals surface area contributed by atoms with Gasteiger partial charge in [0.25, 0.3) is 0 Å². The van der Waals surface area contributed by atoms with Crippen LogP contribution >= 0.6 is 11.6 Å². The Bertz CT molecular complexity index is 682. The molecule has 6 heteroatoms. The van der Waals surface area contributed by atoms with Crippen LogP contribution in [0.2, 0.25) is 5.02 Å². The Morgan fingerprint density at radius 2 is 2.23 bits per heavy atom. The van der Waals surface area contributed by atoms with E-state index in [4.69, 9.17) is 21.1 Å². The fourth-order valence-corrected chi connectivity index (χ4v) is 3.11. The van der Waals surface area contributed by atoms with Crippen LogP contribution in [0.5, 0.6) is 0 Å². The Kier molecular flexibility index (Phi) is 4.47. The van der Waals surface area contributed by atoms with Crippen molar-refractivity contribution in [2.75, 3.05) is 31.7 Å². The second-order valence-electron chi connectivity index (χ2n) is 5.52. The van der Waals surface area contributed by atoms with E-state index >= 15 is 0 Å². The van der Waals surface area contributed by atoms with Crippen LogP contribution in [0.4, 0.5) is 10.1 Å². The standard InChI is InChI=1S/C16H18ClFN2O2/c1-10-7-20(8-11(22-10)9-21-2)14-4-3-12-13(17)5-6-19-16(12)15(14)18/h3-6,10-11H,7-9H2,1-2H3. The lowest BCUT2D eigenvalue weighted by molar-refractivity contribution is -0.0512. The topological polar surface area (TPSA) is 34.6 Å². The van der Waals surface area contributed by atoms with Crippen LogP contribution in [0.15, 0.2) is 24.4 Å². The van der Waals surface area contributed by atoms with Crippen molar-refractivity contribution >= 4 is 28.2 Å². The minimum Gasteiger partial charge on any atom is -0.382 e. The summed E-state index contributed by atoms with van der Waals surface area (Å²) in [6.45, 7) is 3.67. The van der Waals surface area contributed by atoms with Gasteiger partial charge in [0.2, 0.25) is 0 Å². The quantitative estimate of drug-likeness (QED) is 0.868. The number of fused-ring (bicyclic) bond motifs is 1. The third-order valence-electron chi connectivity index (χ3n) is 3.80. The molecule has 0 aliphatic carbocycles. The van der Waals surface area contributed by atoms with Crippen LogP contribution in [0.1, 0.15) is 6.92 Å². The first kappa shape index (κ1) is 15.5. The molecule has 0 bridgehead atoms. The van der Waals surface area contributed by atoms with Crippen LogP contribution < -0.4 is 4.90 Å². The van der Waals surface area contributed by atoms with E-state index in [-0.39, 0.29) is 18.0 Å². The summed E-state index contributed by atoms with van der Waals surface area (Å²) in [5.74, 6) is -0.342. The molecule has 0 radical (unpaired) electrons. The molecular weight excluding hydrogens is 307 g/mol. The van der Waals surface area contributed by atoms with Crippen molar-refractivity contribution < 1.29 is 13.9 Å². The fraction of sp³-hybridized carbons (Fsp3) is 0.438. The number of nitrogens with zero attached hydrogens (tertiary/aromatic N) is 2. The van der Waals surface area contributed by atoms with Gasteiger partial charge in [-0.3, -0.25) is 4.98 Å². The van der Waals surface area contributed by atoms with E-state index in [2.05, 4.69) is 4.98 Å². The van der Waals surface area contributed by atoms with E-state index in [0.717, 1.165) is 0 Å². The van der Waals surface area contributed by atoms with Crippen molar-refractivity contribution in [2.24, 2.45) is 0 Å². The molecule has 0 spiro atoms. The van der Waals surface area contributed by atoms with E-state index in [0.29, 0.717) is 41.3 Å². The maximum absolute atomic E-state index is 14.8. The second-order valence-corrected chi connectivity index (χ2v) is 5.92. The lowest BCUT2D eigenvalue weighted by Gasteiger charge is -2.38. The molecule has 2 unspecified atom stereocenters. The number of pyridine rings is 1. The predicted molar refractivity (Wildman–Crippen MR) is 85.1 cm³/mol. The van der Waals surface area contributed by atoms with Crippen molar-refractivity contribution in [3.63, 3.8) is 0 Å². The molecule has 22 heavy (non-hydrogen) atoms. The Labute approximate surface area is 133 Å². The molecule has 1 aliphatic rings. The molecule has 3 rings (SSSR count). The zero-order valence-electron chi connectivity index (χ0n) is 12.6. The van der Waals surface area contributed by atoms with Crippen LogP contribution in [-0.2, 0) is 9.47 Å². The average molecular weight is 325 g/mol. The number of ether oxygens (including phenoxy) is 2. The van der Waals surface area contributed by atoms with Gasteiger partial charge in [0.15, 0.2) is 5.82 Å². The van der Waals surface area contributed by atoms with Gasteiger partial charge in [-0.1, -0.05) is 11.6 Å². The van der Waals surface area contributed by atoms with Crippen molar-refractivity contribution in [1.82, 2.24) is 4.98 Å². The molecule has 2 aromatic rings. The monoisotopic (exact) mass is 324 g/mol. The van der Waals surface area contributed by atoms with Crippen molar-refractivity contribution in [3.05, 3.63) is 35.2 Å². The third kappa shape index (κ3) is 2.89. The van der Waals surface area contributed by atoms with Gasteiger partial charge in [-0.05, 0) is 25.1 Å². The summed E-state index contributed by atoms with van der Waals surface area (Å²) in [5, 5.41) is 1.13. The summed E-state index contributed by atoms with van der Waals surface area (Å²) in [6.07, 6.45) is 1.46. The van der Waals surface area contributed by atoms with Crippen molar-refractivity contribution in [1.29, 1.82) is 0 Å². The van der Waals surface area contributed by atoms with E-state index in [1.807, 2.05) is 17.9 Å². The zero-order valence-corrected chi connectivity index (χ0v) is 13.3. The molecule has 1 fully saturated rings. The minimum atomic E-state index is -0.342. The average Bonchev–Trinajstić information content (AvgIpc) is 2.48. The number of methoxy groups -OCH3 is 1. The number of anilines is 1. The Morgan fingerprint density at radius 3 is 3.00 bits per heavy atom. The highest BCUT2D eigenvalue weighted by atomic mass is 35.5. The van der Waals surface area contributed by atoms with Crippen LogP contribution in [0.3, 0.4) is 0 Å². The SMILES string of the molecule is COCC1CN(c2ccc3c(Cl)ccnc3c2F)CC(C)O1. The molecule has 2 heterocycles. The Hall–Kier alpha value is -1.43. The van der Waals surface area contributed by atoms with E-state index in [9.17, 15) is 4.39 Å². The molecule has 0 N–H and O–H groups in total. The highest BCUT2D eigenvalue weighted by Gasteiger charge is 2.27. The van der Waals surface area contributed by atoms with Gasteiger partial charge >= 0.3 is 0 Å². The summed E-state index contributed by atoms with van der Waals surface area (Å²) in [6, 6.07) is 5.23. The minimum absolute atomic E-state index is 0.0105. The molecule has 4 nitrogen and oxygen atoms in total. The van der Waals surface area contributed by atoms with Crippen molar-refractivity contribution in [2.45, 2.75) is 19.1 Å². The molecule has 1 aromatic carbocycles. The van der Waals surface area contributed by atoms with Crippen LogP contribution in [0.25, 0.3) is 10.9 Å². The highest BCUT2D eigenvalue weighted by Crippen LogP contribution is 2.31. The van der Waals surface area contributed by atoms with Gasteiger partial charge in [0.05, 0.1) is 29.5 Å². The summed E-state index contributed by atoms with van der Waals surface area (Å²) >= 11 is 6.10. The predicted octanol–water partition coefficient (Wildman–Crippen LogP) is 3.27. The molecule has 1 saturated heterocycles. The number of aromatic nitrogens is 1. The van der Waals surface area contributed by atoms with E-state index in [1.54, 1.807) is 19.2 Å². The van der Waals surface area contributed by atoms with Crippen LogP contribution in [-0.4, -0.2) is 44.0 Å². The van der Waals surface area contributed by atoms with Gasteiger partial charge < -0.3 is 14.4 Å². The summed E-state index contributed by atoms with van der Waals surface area (Å²) in [4.78, 5) is 6.11. The molecule has 2 atom stereocenters. The first-order chi connectivity index (χ1) is 10.6. The zero-order chi connectivity index (χ0) is 15.7. The number of benzene rings is 1. The molecular formula is C16H18ClFN2O2. The number of morpholine rings is 1. The van der Waals surface area contributed by atoms with E-state index in [1.165, 1.54) is 6.20 Å². The maximum atomic E-state index is 14.8. The van der Waals surface area contributed by atoms with Gasteiger partial charge in [-0.2, -0.15) is 0 Å². The number of hydrogen-bond acceptors (Lipinski definition) is 4. The van der Waals surface area contributed by atoms with Crippen molar-refractivity contribution in [3.8, 4) is 0 Å². The maximum Gasteiger partial charge on any atom is 0.172 e. The fourth-order valence-electron chi connectivity index (χ4n) is 2.90. The second kappa shape index (κ2) is 6.36. The number of halogens is 2. The van der Waals surface area contributed by atoms with Gasteiger partial charge in [0, 0.05) is 31.8 Å². The molecule has 1 aromatic heterocycles. The third-order valence-corrected chi connectivity index (χ3v) is 4.13. The molecule has 1 aliphatic heterocycles. The largest absolute Gasteiger partial charge is 0.382 e. The van der Waals surface area contributed by atoms with Crippen LogP contribution in [0, 0.1) is 5.82 Å². The number of rotatable bonds is 3. The van der Waals surface area contributed by atoms with E-state index < -0.39 is 0 Å². The first-order valence-electron chi connectivity index (χ1n) is 7.22. The van der Waals surface area contributed by atoms with Gasteiger partial charge in [-0.15, -0.1) is 0 Å².